The van der Waals surface area contributed by atoms with E-state index in [2.05, 4.69) is 10.6 Å². The Morgan fingerprint density at radius 2 is 1.54 bits per heavy atom. The maximum atomic E-state index is 13.3. The van der Waals surface area contributed by atoms with Crippen molar-refractivity contribution in [1.29, 1.82) is 0 Å². The van der Waals surface area contributed by atoms with Gasteiger partial charge in [-0.3, -0.25) is 33.8 Å². The van der Waals surface area contributed by atoms with Crippen LogP contribution in [-0.4, -0.2) is 98.5 Å². The number of amides is 1. The van der Waals surface area contributed by atoms with Crippen LogP contribution in [0.4, 0.5) is 5.88 Å². The van der Waals surface area contributed by atoms with Crippen LogP contribution in [0, 0.1) is 0 Å². The van der Waals surface area contributed by atoms with Gasteiger partial charge in [-0.15, -0.1) is 5.01 Å². The molecule has 16 heteroatoms. The second-order valence-electron chi connectivity index (χ2n) is 8.16. The molecule has 1 amide bonds. The summed E-state index contributed by atoms with van der Waals surface area (Å²) in [6, 6.07) is 0. The molecule has 0 aromatic carbocycles. The smallest absolute Gasteiger partial charge is 0.305 e. The van der Waals surface area contributed by atoms with Gasteiger partial charge >= 0.3 is 29.8 Å². The SMILES string of the molecule is CC(=O)OC[C@H]1OC(C(=O)Nc2c[n+](N3CCOCC3)no2)[C@H](OC(C)=O)[C@@H](OC(C)=O)[C@@H]1OC(C)=O. The minimum Gasteiger partial charge on any atom is -0.463 e. The maximum absolute atomic E-state index is 13.3. The molecule has 2 saturated heterocycles. The van der Waals surface area contributed by atoms with Crippen molar-refractivity contribution in [3.05, 3.63) is 6.20 Å². The molecule has 1 aromatic heterocycles. The molecular weight excluding hydrogens is 500 g/mol. The standard InChI is InChI=1S/C21H28N4O12/c1-11(26)32-10-15-17(33-12(2)27)18(34-13(3)28)19(35-14(4)29)20(36-15)21(30)22-16-9-25(23-37-16)24-5-7-31-8-6-24/h9,15,17-20H,5-8,10H2,1-4H3/p+1/t15-,17-,18+,19-,20?/m1/s1. The van der Waals surface area contributed by atoms with Gasteiger partial charge in [-0.25, -0.2) is 0 Å². The molecule has 0 saturated carbocycles. The molecule has 0 aliphatic carbocycles. The molecule has 204 valence electrons. The van der Waals surface area contributed by atoms with E-state index in [-0.39, 0.29) is 5.88 Å². The number of carbonyl (C=O) groups is 5. The summed E-state index contributed by atoms with van der Waals surface area (Å²) in [5.41, 5.74) is 0. The van der Waals surface area contributed by atoms with Crippen molar-refractivity contribution < 1.29 is 61.7 Å². The second kappa shape index (κ2) is 12.4. The van der Waals surface area contributed by atoms with Gasteiger partial charge in [0.1, 0.15) is 12.7 Å². The Labute approximate surface area is 210 Å². The van der Waals surface area contributed by atoms with E-state index in [1.54, 1.807) is 0 Å². The third-order valence-electron chi connectivity index (χ3n) is 5.23. The molecule has 0 spiro atoms. The zero-order chi connectivity index (χ0) is 27.1. The lowest BCUT2D eigenvalue weighted by molar-refractivity contribution is -0.759. The van der Waals surface area contributed by atoms with Crippen LogP contribution in [0.25, 0.3) is 0 Å². The lowest BCUT2D eigenvalue weighted by Gasteiger charge is -2.43. The average Bonchev–Trinajstić information content (AvgIpc) is 3.28. The van der Waals surface area contributed by atoms with Gasteiger partial charge in [-0.1, -0.05) is 0 Å². The Balaban J connectivity index is 1.88. The summed E-state index contributed by atoms with van der Waals surface area (Å²) < 4.78 is 37.1. The Morgan fingerprint density at radius 3 is 2.14 bits per heavy atom. The number of hydrogen-bond donors (Lipinski definition) is 1. The van der Waals surface area contributed by atoms with Crippen molar-refractivity contribution in [1.82, 2.24) is 5.27 Å². The lowest BCUT2D eigenvalue weighted by Crippen LogP contribution is -2.64. The molecule has 1 aromatic rings. The van der Waals surface area contributed by atoms with Crippen molar-refractivity contribution >= 4 is 35.7 Å². The molecule has 1 N–H and O–H groups in total. The molecular formula is C21H29N4O12+. The van der Waals surface area contributed by atoms with E-state index in [0.29, 0.717) is 26.3 Å². The maximum Gasteiger partial charge on any atom is 0.305 e. The molecule has 2 aliphatic rings. The number of nitrogens with zero attached hydrogens (tertiary/aromatic N) is 3. The van der Waals surface area contributed by atoms with Crippen LogP contribution in [0.1, 0.15) is 27.7 Å². The third-order valence-corrected chi connectivity index (χ3v) is 5.23. The number of anilines is 1. The van der Waals surface area contributed by atoms with Gasteiger partial charge in [-0.2, -0.15) is 0 Å². The van der Waals surface area contributed by atoms with Crippen LogP contribution < -0.4 is 15.1 Å². The summed E-state index contributed by atoms with van der Waals surface area (Å²) in [5.74, 6) is -4.02. The van der Waals surface area contributed by atoms with Crippen LogP contribution >= 0.6 is 0 Å². The van der Waals surface area contributed by atoms with Gasteiger partial charge in [0.05, 0.1) is 31.1 Å². The first kappa shape index (κ1) is 27.8. The molecule has 0 bridgehead atoms. The highest BCUT2D eigenvalue weighted by atomic mass is 16.7. The van der Waals surface area contributed by atoms with E-state index in [9.17, 15) is 24.0 Å². The fraction of sp³-hybridized carbons (Fsp3) is 0.667. The largest absolute Gasteiger partial charge is 0.463 e. The quantitative estimate of drug-likeness (QED) is 0.221. The highest BCUT2D eigenvalue weighted by Crippen LogP contribution is 2.30. The van der Waals surface area contributed by atoms with E-state index in [1.165, 1.54) is 11.0 Å². The summed E-state index contributed by atoms with van der Waals surface area (Å²) in [6.07, 6.45) is -5.82. The first-order chi connectivity index (χ1) is 17.5. The number of aromatic nitrogens is 2. The predicted molar refractivity (Wildman–Crippen MR) is 116 cm³/mol. The summed E-state index contributed by atoms with van der Waals surface area (Å²) >= 11 is 0. The number of carbonyl (C=O) groups excluding carboxylic acids is 5. The van der Waals surface area contributed by atoms with Crippen LogP contribution in [-0.2, 0) is 52.4 Å². The molecule has 2 aliphatic heterocycles. The zero-order valence-corrected chi connectivity index (χ0v) is 20.7. The molecule has 3 rings (SSSR count). The number of rotatable bonds is 8. The van der Waals surface area contributed by atoms with E-state index >= 15 is 0 Å². The first-order valence-electron chi connectivity index (χ1n) is 11.4. The van der Waals surface area contributed by atoms with Gasteiger partial charge in [0, 0.05) is 27.7 Å². The summed E-state index contributed by atoms with van der Waals surface area (Å²) in [5, 5.41) is 8.14. The minimum absolute atomic E-state index is 0.0654. The Morgan fingerprint density at radius 1 is 0.946 bits per heavy atom. The fourth-order valence-electron chi connectivity index (χ4n) is 3.82. The van der Waals surface area contributed by atoms with E-state index in [1.807, 2.05) is 5.01 Å². The highest BCUT2D eigenvalue weighted by molar-refractivity contribution is 5.93. The summed E-state index contributed by atoms with van der Waals surface area (Å²) in [6.45, 7) is 6.02. The van der Waals surface area contributed by atoms with Crippen molar-refractivity contribution in [2.24, 2.45) is 0 Å². The summed E-state index contributed by atoms with van der Waals surface area (Å²) in [7, 11) is 0. The van der Waals surface area contributed by atoms with E-state index < -0.39 is 66.9 Å². The van der Waals surface area contributed by atoms with Crippen LogP contribution in [0.2, 0.25) is 0 Å². The van der Waals surface area contributed by atoms with Crippen LogP contribution in [0.3, 0.4) is 0 Å². The molecule has 0 radical (unpaired) electrons. The first-order valence-corrected chi connectivity index (χ1v) is 11.4. The molecule has 5 atom stereocenters. The topological polar surface area (TPSA) is 186 Å². The molecule has 2 fully saturated rings. The van der Waals surface area contributed by atoms with Gasteiger partial charge in [0.15, 0.2) is 24.4 Å². The minimum atomic E-state index is -1.59. The number of esters is 4. The number of hydrogen-bond acceptors (Lipinski definition) is 14. The van der Waals surface area contributed by atoms with Gasteiger partial charge in [0.2, 0.25) is 5.27 Å². The Bertz CT molecular complexity index is 1010. The van der Waals surface area contributed by atoms with Crippen molar-refractivity contribution in [3.63, 3.8) is 0 Å². The fourth-order valence-corrected chi connectivity index (χ4v) is 3.82. The van der Waals surface area contributed by atoms with E-state index in [0.717, 1.165) is 27.7 Å². The van der Waals surface area contributed by atoms with E-state index in [4.69, 9.17) is 32.9 Å². The van der Waals surface area contributed by atoms with Gasteiger partial charge < -0.3 is 28.4 Å². The normalized spacial score (nSPS) is 25.5. The number of nitrogens with one attached hydrogen (secondary N) is 1. The molecule has 1 unspecified atom stereocenters. The van der Waals surface area contributed by atoms with Crippen molar-refractivity contribution in [3.8, 4) is 0 Å². The highest BCUT2D eigenvalue weighted by Gasteiger charge is 2.54. The van der Waals surface area contributed by atoms with Crippen LogP contribution in [0.5, 0.6) is 0 Å². The summed E-state index contributed by atoms with van der Waals surface area (Å²) in [4.78, 5) is 61.7. The van der Waals surface area contributed by atoms with Gasteiger partial charge in [-0.05, 0) is 0 Å². The number of ether oxygens (including phenoxy) is 6. The van der Waals surface area contributed by atoms with Crippen LogP contribution in [0.15, 0.2) is 10.7 Å². The second-order valence-corrected chi connectivity index (χ2v) is 8.16. The molecule has 16 nitrogen and oxygen atoms in total. The molecule has 3 heterocycles. The Kier molecular flexibility index (Phi) is 9.35. The third kappa shape index (κ3) is 7.60. The monoisotopic (exact) mass is 529 g/mol. The Hall–Kier alpha value is -3.79. The average molecular weight is 529 g/mol. The predicted octanol–water partition coefficient (Wildman–Crippen LogP) is -2.01. The number of morpholine rings is 1. The van der Waals surface area contributed by atoms with Crippen molar-refractivity contribution in [2.45, 2.75) is 58.2 Å². The molecule has 37 heavy (non-hydrogen) atoms. The van der Waals surface area contributed by atoms with Crippen molar-refractivity contribution in [2.75, 3.05) is 43.2 Å². The van der Waals surface area contributed by atoms with Gasteiger partial charge in [0.25, 0.3) is 12.1 Å². The zero-order valence-electron chi connectivity index (χ0n) is 20.7. The lowest BCUT2D eigenvalue weighted by atomic mass is 9.93.